The second-order valence-electron chi connectivity index (χ2n) is 6.06. The molecule has 1 aliphatic rings. The first-order chi connectivity index (χ1) is 12.4. The van der Waals surface area contributed by atoms with Gasteiger partial charge in [0.05, 0.1) is 6.61 Å². The Labute approximate surface area is 149 Å². The average molecular weight is 365 g/mol. The van der Waals surface area contributed by atoms with Crippen LogP contribution in [0, 0.1) is 0 Å². The van der Waals surface area contributed by atoms with Crippen molar-refractivity contribution in [1.29, 1.82) is 0 Å². The van der Waals surface area contributed by atoms with Gasteiger partial charge in [0.25, 0.3) is 0 Å². The minimum atomic E-state index is -1.85. The van der Waals surface area contributed by atoms with Crippen LogP contribution in [0.3, 0.4) is 0 Å². The smallest absolute Gasteiger partial charge is 0.237 e. The van der Waals surface area contributed by atoms with Crippen LogP contribution in [0.1, 0.15) is 6.42 Å². The molecule has 1 saturated heterocycles. The molecule has 0 aromatic carbocycles. The zero-order valence-corrected chi connectivity index (χ0v) is 14.3. The Bertz CT molecular complexity index is 812. The van der Waals surface area contributed by atoms with Crippen LogP contribution < -0.4 is 16.8 Å². The van der Waals surface area contributed by atoms with Crippen LogP contribution in [0.4, 0.5) is 5.82 Å². The first-order valence-electron chi connectivity index (χ1n) is 8.12. The molecule has 0 amide bonds. The summed E-state index contributed by atoms with van der Waals surface area (Å²) in [5.41, 5.74) is 10.1. The number of ether oxygens (including phenoxy) is 1. The topological polar surface area (TPSA) is 178 Å². The van der Waals surface area contributed by atoms with Crippen LogP contribution >= 0.6 is 0 Å². The van der Waals surface area contributed by atoms with Gasteiger partial charge in [0.1, 0.15) is 30.4 Å². The van der Waals surface area contributed by atoms with Gasteiger partial charge in [-0.2, -0.15) is 0 Å². The van der Waals surface area contributed by atoms with E-state index in [0.29, 0.717) is 11.2 Å². The highest BCUT2D eigenvalue weighted by molar-refractivity contribution is 5.81. The van der Waals surface area contributed by atoms with Gasteiger partial charge in [0, 0.05) is 13.0 Å². The van der Waals surface area contributed by atoms with E-state index in [-0.39, 0.29) is 18.8 Å². The molecule has 4 atom stereocenters. The molecule has 0 unspecified atom stereocenters. The van der Waals surface area contributed by atoms with Crippen LogP contribution in [0.2, 0.25) is 0 Å². The van der Waals surface area contributed by atoms with E-state index >= 15 is 0 Å². The number of aliphatic hydroxyl groups is 3. The van der Waals surface area contributed by atoms with Crippen molar-refractivity contribution in [3.63, 3.8) is 0 Å². The van der Waals surface area contributed by atoms with Gasteiger partial charge in [0.15, 0.2) is 17.1 Å². The molecule has 0 radical (unpaired) electrons. The maximum Gasteiger partial charge on any atom is 0.237 e. The summed E-state index contributed by atoms with van der Waals surface area (Å²) in [4.78, 5) is 12.3. The third-order valence-electron chi connectivity index (χ3n) is 4.70. The van der Waals surface area contributed by atoms with Crippen molar-refractivity contribution >= 4 is 17.0 Å². The Morgan fingerprint density at radius 2 is 2.15 bits per heavy atom. The van der Waals surface area contributed by atoms with Gasteiger partial charge in [-0.25, -0.2) is 15.0 Å². The maximum absolute atomic E-state index is 11.4. The summed E-state index contributed by atoms with van der Waals surface area (Å²) < 4.78 is 7.33. The molecule has 26 heavy (non-hydrogen) atoms. The zero-order valence-electron chi connectivity index (χ0n) is 14.3. The molecule has 0 aliphatic carbocycles. The maximum atomic E-state index is 11.4. The fourth-order valence-electron chi connectivity index (χ4n) is 3.39. The predicted octanol–water partition coefficient (Wildman–Crippen LogP) is -2.37. The number of hydrogen-bond donors (Lipinski definition) is 6. The predicted molar refractivity (Wildman–Crippen MR) is 92.5 cm³/mol. The quantitative estimate of drug-likeness (QED) is 0.303. The molecule has 11 nitrogen and oxygen atoms in total. The van der Waals surface area contributed by atoms with Crippen LogP contribution in [0.5, 0.6) is 0 Å². The van der Waals surface area contributed by atoms with Crippen molar-refractivity contribution in [2.75, 3.05) is 25.9 Å². The Balaban J connectivity index is 2.20. The summed E-state index contributed by atoms with van der Waals surface area (Å²) >= 11 is 0. The molecule has 1 fully saturated rings. The molecule has 2 aromatic rings. The van der Waals surface area contributed by atoms with Crippen molar-refractivity contribution in [2.24, 2.45) is 5.73 Å². The van der Waals surface area contributed by atoms with E-state index in [1.807, 2.05) is 0 Å². The second-order valence-corrected chi connectivity index (χ2v) is 6.06. The number of nitrogens with zero attached hydrogens (tertiary/aromatic N) is 4. The third-order valence-corrected chi connectivity index (χ3v) is 4.70. The lowest BCUT2D eigenvalue weighted by Gasteiger charge is -2.41. The van der Waals surface area contributed by atoms with Gasteiger partial charge in [-0.3, -0.25) is 9.88 Å². The third kappa shape index (κ3) is 2.48. The summed E-state index contributed by atoms with van der Waals surface area (Å²) in [5.74, 6) is -1.49. The van der Waals surface area contributed by atoms with Crippen molar-refractivity contribution in [2.45, 2.75) is 30.1 Å². The molecule has 1 aliphatic heterocycles. The van der Waals surface area contributed by atoms with Gasteiger partial charge < -0.3 is 31.5 Å². The number of nitrogens with two attached hydrogens (primary N) is 2. The van der Waals surface area contributed by atoms with E-state index in [0.717, 1.165) is 0 Å². The first-order valence-corrected chi connectivity index (χ1v) is 8.12. The molecule has 0 spiro atoms. The van der Waals surface area contributed by atoms with E-state index in [1.54, 1.807) is 19.2 Å². The van der Waals surface area contributed by atoms with Gasteiger partial charge in [-0.05, 0) is 7.05 Å². The Morgan fingerprint density at radius 1 is 1.38 bits per heavy atom. The highest BCUT2D eigenvalue weighted by Crippen LogP contribution is 2.45. The van der Waals surface area contributed by atoms with Crippen LogP contribution in [0.15, 0.2) is 24.8 Å². The fourth-order valence-corrected chi connectivity index (χ4v) is 3.39. The van der Waals surface area contributed by atoms with Gasteiger partial charge in [-0.15, -0.1) is 0 Å². The van der Waals surface area contributed by atoms with E-state index < -0.39 is 30.3 Å². The fraction of sp³-hybridized carbons (Fsp3) is 0.533. The number of rotatable bonds is 6. The van der Waals surface area contributed by atoms with Crippen molar-refractivity contribution in [3.8, 4) is 0 Å². The Kier molecular flexibility index (Phi) is 4.92. The number of imidazole rings is 1. The number of nitrogen functional groups attached to an aromatic ring is 1. The normalized spacial score (nSPS) is 32.0. The number of fused-ring (bicyclic) bond motifs is 1. The molecule has 142 valence electrons. The highest BCUT2D eigenvalue weighted by atomic mass is 16.6. The SMILES string of the molecule is CN[C@@]1(n2cnc3c(N)ncnc32)O[C@H](CO)[C@@H](O)[C@]1(O)CC=CCN. The highest BCUT2D eigenvalue weighted by Gasteiger charge is 2.65. The number of anilines is 1. The molecule has 0 saturated carbocycles. The molecular formula is C15H23N7O4. The molecule has 0 bridgehead atoms. The van der Waals surface area contributed by atoms with Crippen LogP contribution in [0.25, 0.3) is 11.2 Å². The van der Waals surface area contributed by atoms with Crippen LogP contribution in [-0.4, -0.2) is 72.8 Å². The Morgan fingerprint density at radius 3 is 2.81 bits per heavy atom. The molecular weight excluding hydrogens is 342 g/mol. The summed E-state index contributed by atoms with van der Waals surface area (Å²) in [7, 11) is 1.56. The lowest BCUT2D eigenvalue weighted by atomic mass is 9.86. The van der Waals surface area contributed by atoms with E-state index in [4.69, 9.17) is 16.2 Å². The van der Waals surface area contributed by atoms with Gasteiger partial charge in [0.2, 0.25) is 5.85 Å². The molecule has 2 aromatic heterocycles. The number of nitrogens with one attached hydrogen (secondary N) is 1. The molecule has 3 heterocycles. The van der Waals surface area contributed by atoms with Gasteiger partial charge >= 0.3 is 0 Å². The molecule has 3 rings (SSSR count). The number of aliphatic hydroxyl groups excluding tert-OH is 2. The summed E-state index contributed by atoms with van der Waals surface area (Å²) in [6, 6.07) is 0. The largest absolute Gasteiger partial charge is 0.394 e. The number of likely N-dealkylation sites (N-methyl/N-ethyl adjacent to an activating group) is 1. The summed E-state index contributed by atoms with van der Waals surface area (Å²) in [6.07, 6.45) is 3.53. The summed E-state index contributed by atoms with van der Waals surface area (Å²) in [6.45, 7) is -0.210. The van der Waals surface area contributed by atoms with Crippen molar-refractivity contribution < 1.29 is 20.1 Å². The average Bonchev–Trinajstić information content (AvgIpc) is 3.16. The number of aromatic nitrogens is 4. The van der Waals surface area contributed by atoms with Crippen LogP contribution in [-0.2, 0) is 10.6 Å². The minimum absolute atomic E-state index is 0.00292. The molecule has 8 N–H and O–H groups in total. The lowest BCUT2D eigenvalue weighted by Crippen LogP contribution is -2.63. The van der Waals surface area contributed by atoms with Gasteiger partial charge in [-0.1, -0.05) is 12.2 Å². The Hall–Kier alpha value is -2.15. The summed E-state index contributed by atoms with van der Waals surface area (Å²) in [5, 5.41) is 34.6. The van der Waals surface area contributed by atoms with E-state index in [2.05, 4.69) is 20.3 Å². The van der Waals surface area contributed by atoms with E-state index in [1.165, 1.54) is 17.2 Å². The van der Waals surface area contributed by atoms with E-state index in [9.17, 15) is 15.3 Å². The lowest BCUT2D eigenvalue weighted by molar-refractivity contribution is -0.210. The van der Waals surface area contributed by atoms with Crippen molar-refractivity contribution in [3.05, 3.63) is 24.8 Å². The number of hydrogen-bond acceptors (Lipinski definition) is 10. The minimum Gasteiger partial charge on any atom is -0.394 e. The zero-order chi connectivity index (χ0) is 18.9. The monoisotopic (exact) mass is 365 g/mol. The van der Waals surface area contributed by atoms with Crippen molar-refractivity contribution in [1.82, 2.24) is 24.8 Å². The molecule has 11 heteroatoms. The standard InChI is InChI=1S/C15H23N7O4/c1-18-15(22-8-21-10-12(17)19-7-20-13(10)22)14(25,4-2-3-5-16)11(24)9(6-23)26-15/h2-3,7-9,11,18,23-25H,4-6,16H2,1H3,(H2,17,19,20)/t9-,11-,14-,15+/m1/s1. The second kappa shape index (κ2) is 6.87. The first kappa shape index (κ1) is 18.6.